The number of hydrogen-bond donors (Lipinski definition) is 3. The number of anilines is 2. The predicted octanol–water partition coefficient (Wildman–Crippen LogP) is 0.937. The molecule has 0 atom stereocenters. The third-order valence-electron chi connectivity index (χ3n) is 2.20. The van der Waals surface area contributed by atoms with Crippen LogP contribution in [0.5, 0.6) is 5.75 Å². The maximum absolute atomic E-state index is 9.31. The van der Waals surface area contributed by atoms with Gasteiger partial charge in [0.05, 0.1) is 11.4 Å². The van der Waals surface area contributed by atoms with E-state index in [1.165, 1.54) is 0 Å². The van der Waals surface area contributed by atoms with E-state index in [1.807, 2.05) is 6.07 Å². The van der Waals surface area contributed by atoms with Crippen molar-refractivity contribution in [1.29, 1.82) is 0 Å². The minimum atomic E-state index is 0.230. The normalized spacial score (nSPS) is 10.2. The van der Waals surface area contributed by atoms with Crippen LogP contribution in [0, 0.1) is 0 Å². The largest absolute Gasteiger partial charge is 0.508 e. The molecule has 5 nitrogen and oxygen atoms in total. The third-order valence-corrected chi connectivity index (χ3v) is 2.20. The molecule has 1 aromatic carbocycles. The van der Waals surface area contributed by atoms with Gasteiger partial charge in [-0.1, -0.05) is 12.1 Å². The van der Waals surface area contributed by atoms with Gasteiger partial charge in [-0.05, 0) is 23.8 Å². The van der Waals surface area contributed by atoms with Gasteiger partial charge in [-0.15, -0.1) is 5.10 Å². The van der Waals surface area contributed by atoms with Gasteiger partial charge in [0, 0.05) is 6.42 Å². The molecule has 2 rings (SSSR count). The van der Waals surface area contributed by atoms with Crippen molar-refractivity contribution in [2.24, 2.45) is 0 Å². The van der Waals surface area contributed by atoms with Crippen molar-refractivity contribution in [2.45, 2.75) is 6.42 Å². The fourth-order valence-electron chi connectivity index (χ4n) is 1.42. The van der Waals surface area contributed by atoms with E-state index in [2.05, 4.69) is 10.2 Å². The lowest BCUT2D eigenvalue weighted by Gasteiger charge is -2.03. The number of aromatic nitrogens is 2. The van der Waals surface area contributed by atoms with Crippen LogP contribution in [0.2, 0.25) is 0 Å². The van der Waals surface area contributed by atoms with Gasteiger partial charge in [-0.3, -0.25) is 0 Å². The molecular weight excluding hydrogens is 204 g/mol. The number of nitrogens with two attached hydrogens (primary N) is 2. The first kappa shape index (κ1) is 10.2. The smallest absolute Gasteiger partial charge is 0.169 e. The molecule has 2 aromatic rings. The Kier molecular flexibility index (Phi) is 2.59. The molecule has 0 aliphatic carbocycles. The van der Waals surface area contributed by atoms with Gasteiger partial charge in [-0.25, -0.2) is 0 Å². The van der Waals surface area contributed by atoms with Crippen molar-refractivity contribution in [2.75, 3.05) is 11.5 Å². The first-order valence-electron chi connectivity index (χ1n) is 4.80. The highest BCUT2D eigenvalue weighted by molar-refractivity contribution is 5.57. The summed E-state index contributed by atoms with van der Waals surface area (Å²) < 4.78 is 0. The molecule has 0 saturated carbocycles. The number of nitrogen functional groups attached to an aromatic ring is 2. The summed E-state index contributed by atoms with van der Waals surface area (Å²) in [5.74, 6) is 0.466. The molecular formula is C11H12N4O. The van der Waals surface area contributed by atoms with Gasteiger partial charge >= 0.3 is 0 Å². The Labute approximate surface area is 92.7 Å². The van der Waals surface area contributed by atoms with Gasteiger partial charge in [0.1, 0.15) is 5.75 Å². The van der Waals surface area contributed by atoms with E-state index in [9.17, 15) is 5.11 Å². The van der Waals surface area contributed by atoms with Crippen LogP contribution in [-0.4, -0.2) is 15.3 Å². The highest BCUT2D eigenvalue weighted by Crippen LogP contribution is 2.16. The highest BCUT2D eigenvalue weighted by Gasteiger charge is 2.02. The molecule has 0 unspecified atom stereocenters. The first-order valence-corrected chi connectivity index (χ1v) is 4.80. The molecule has 0 aliphatic heterocycles. The summed E-state index contributed by atoms with van der Waals surface area (Å²) in [6, 6.07) is 8.65. The summed E-state index contributed by atoms with van der Waals surface area (Å²) in [5, 5.41) is 17.0. The minimum Gasteiger partial charge on any atom is -0.508 e. The Bertz CT molecular complexity index is 513. The molecule has 82 valence electrons. The molecule has 0 aliphatic rings. The van der Waals surface area contributed by atoms with E-state index in [0.29, 0.717) is 12.1 Å². The average Bonchev–Trinajstić information content (AvgIpc) is 2.24. The van der Waals surface area contributed by atoms with E-state index in [1.54, 1.807) is 24.3 Å². The Morgan fingerprint density at radius 1 is 1.12 bits per heavy atom. The zero-order chi connectivity index (χ0) is 11.5. The minimum absolute atomic E-state index is 0.230. The van der Waals surface area contributed by atoms with Gasteiger partial charge < -0.3 is 16.6 Å². The zero-order valence-electron chi connectivity index (χ0n) is 8.59. The standard InChI is InChI=1S/C11H12N4O/c12-10-6-8(14-15-11(10)13)4-7-2-1-3-9(16)5-7/h1-3,5-6,16H,4H2,(H2,12,14)(H2,13,15). The number of hydrogen-bond acceptors (Lipinski definition) is 5. The molecule has 1 aromatic heterocycles. The van der Waals surface area contributed by atoms with Crippen molar-refractivity contribution in [3.8, 4) is 5.75 Å². The topological polar surface area (TPSA) is 98.0 Å². The Balaban J connectivity index is 2.24. The quantitative estimate of drug-likeness (QED) is 0.693. The number of phenols is 1. The van der Waals surface area contributed by atoms with Gasteiger partial charge in [0.15, 0.2) is 5.82 Å². The van der Waals surface area contributed by atoms with Crippen LogP contribution in [0.3, 0.4) is 0 Å². The van der Waals surface area contributed by atoms with Crippen LogP contribution >= 0.6 is 0 Å². The van der Waals surface area contributed by atoms with Gasteiger partial charge in [-0.2, -0.15) is 5.10 Å². The molecule has 0 amide bonds. The molecule has 5 heteroatoms. The number of aromatic hydroxyl groups is 1. The Hall–Kier alpha value is -2.30. The van der Waals surface area contributed by atoms with Crippen molar-refractivity contribution in [3.05, 3.63) is 41.6 Å². The van der Waals surface area contributed by atoms with Crippen LogP contribution in [0.1, 0.15) is 11.3 Å². The summed E-state index contributed by atoms with van der Waals surface area (Å²) in [4.78, 5) is 0. The van der Waals surface area contributed by atoms with Gasteiger partial charge in [0.25, 0.3) is 0 Å². The summed E-state index contributed by atoms with van der Waals surface area (Å²) in [6.45, 7) is 0. The van der Waals surface area contributed by atoms with E-state index >= 15 is 0 Å². The third kappa shape index (κ3) is 2.20. The monoisotopic (exact) mass is 216 g/mol. The van der Waals surface area contributed by atoms with Crippen LogP contribution in [0.4, 0.5) is 11.5 Å². The molecule has 0 fully saturated rings. The molecule has 0 saturated heterocycles. The zero-order valence-corrected chi connectivity index (χ0v) is 8.59. The SMILES string of the molecule is Nc1cc(Cc2cccc(O)c2)nnc1N. The first-order chi connectivity index (χ1) is 7.65. The van der Waals surface area contributed by atoms with Crippen molar-refractivity contribution < 1.29 is 5.11 Å². The molecule has 0 spiro atoms. The number of nitrogens with zero attached hydrogens (tertiary/aromatic N) is 2. The second kappa shape index (κ2) is 4.06. The van der Waals surface area contributed by atoms with Crippen molar-refractivity contribution in [1.82, 2.24) is 10.2 Å². The molecule has 5 N–H and O–H groups in total. The number of rotatable bonds is 2. The fraction of sp³-hybridized carbons (Fsp3) is 0.0909. The molecule has 1 heterocycles. The summed E-state index contributed by atoms with van der Waals surface area (Å²) >= 11 is 0. The Morgan fingerprint density at radius 2 is 1.94 bits per heavy atom. The summed E-state index contributed by atoms with van der Waals surface area (Å²) in [7, 11) is 0. The Morgan fingerprint density at radius 3 is 2.62 bits per heavy atom. The number of phenolic OH excluding ortho intramolecular Hbond substituents is 1. The maximum atomic E-state index is 9.31. The average molecular weight is 216 g/mol. The second-order valence-corrected chi connectivity index (χ2v) is 3.52. The van der Waals surface area contributed by atoms with Crippen LogP contribution in [0.15, 0.2) is 30.3 Å². The van der Waals surface area contributed by atoms with E-state index < -0.39 is 0 Å². The van der Waals surface area contributed by atoms with Gasteiger partial charge in [0.2, 0.25) is 0 Å². The highest BCUT2D eigenvalue weighted by atomic mass is 16.3. The predicted molar refractivity (Wildman–Crippen MR) is 61.8 cm³/mol. The molecule has 0 bridgehead atoms. The lowest BCUT2D eigenvalue weighted by molar-refractivity contribution is 0.474. The van der Waals surface area contributed by atoms with Crippen molar-refractivity contribution >= 4 is 11.5 Å². The second-order valence-electron chi connectivity index (χ2n) is 3.52. The van der Waals surface area contributed by atoms with Crippen LogP contribution in [0.25, 0.3) is 0 Å². The van der Waals surface area contributed by atoms with E-state index in [-0.39, 0.29) is 11.6 Å². The number of benzene rings is 1. The molecule has 16 heavy (non-hydrogen) atoms. The van der Waals surface area contributed by atoms with Crippen LogP contribution < -0.4 is 11.5 Å². The molecule has 0 radical (unpaired) electrons. The lowest BCUT2D eigenvalue weighted by atomic mass is 10.1. The lowest BCUT2D eigenvalue weighted by Crippen LogP contribution is -2.03. The van der Waals surface area contributed by atoms with Crippen molar-refractivity contribution in [3.63, 3.8) is 0 Å². The van der Waals surface area contributed by atoms with E-state index in [4.69, 9.17) is 11.5 Å². The summed E-state index contributed by atoms with van der Waals surface area (Å²) in [6.07, 6.45) is 0.561. The van der Waals surface area contributed by atoms with E-state index in [0.717, 1.165) is 11.3 Å². The maximum Gasteiger partial charge on any atom is 0.169 e. The van der Waals surface area contributed by atoms with Crippen LogP contribution in [-0.2, 0) is 6.42 Å². The summed E-state index contributed by atoms with van der Waals surface area (Å²) in [5.41, 5.74) is 13.2. The fourth-order valence-corrected chi connectivity index (χ4v) is 1.42.